The zero-order valence-corrected chi connectivity index (χ0v) is 11.0. The molecule has 0 spiro atoms. The number of carbonyl (C=O) groups is 2. The van der Waals surface area contributed by atoms with Crippen LogP contribution in [0.5, 0.6) is 0 Å². The van der Waals surface area contributed by atoms with Gasteiger partial charge >= 0.3 is 12.1 Å². The van der Waals surface area contributed by atoms with Crippen molar-refractivity contribution >= 4 is 11.8 Å². The number of imide groups is 1. The van der Waals surface area contributed by atoms with Crippen LogP contribution in [-0.2, 0) is 22.6 Å². The fourth-order valence-electron chi connectivity index (χ4n) is 1.89. The average Bonchev–Trinajstić information content (AvgIpc) is 2.71. The van der Waals surface area contributed by atoms with Crippen LogP contribution in [0.3, 0.4) is 0 Å². The number of hydrogen-bond donors (Lipinski definition) is 0. The van der Waals surface area contributed by atoms with Gasteiger partial charge in [-0.25, -0.2) is 0 Å². The molecule has 0 saturated heterocycles. The molecule has 3 nitrogen and oxygen atoms in total. The number of carbonyl (C=O) groups excluding carboxylic acids is 2. The van der Waals surface area contributed by atoms with Gasteiger partial charge in [0.1, 0.15) is 0 Å². The highest BCUT2D eigenvalue weighted by Crippen LogP contribution is 2.37. The van der Waals surface area contributed by atoms with Gasteiger partial charge in [-0.05, 0) is 11.1 Å². The third-order valence-electron chi connectivity index (χ3n) is 3.11. The lowest BCUT2D eigenvalue weighted by molar-refractivity contribution is -0.281. The lowest BCUT2D eigenvalue weighted by atomic mass is 10.0. The number of halogens is 5. The molecule has 0 aromatic heterocycles. The highest BCUT2D eigenvalue weighted by molar-refractivity contribution is 6.12. The van der Waals surface area contributed by atoms with E-state index in [9.17, 15) is 31.5 Å². The minimum Gasteiger partial charge on any atom is -0.271 e. The molecule has 0 saturated carbocycles. The molecule has 0 unspecified atom stereocenters. The van der Waals surface area contributed by atoms with Gasteiger partial charge < -0.3 is 0 Å². The zero-order chi connectivity index (χ0) is 16.5. The van der Waals surface area contributed by atoms with Crippen molar-refractivity contribution < 1.29 is 31.5 Å². The van der Waals surface area contributed by atoms with Crippen LogP contribution in [-0.4, -0.2) is 28.8 Å². The molecule has 0 fully saturated rings. The lowest BCUT2D eigenvalue weighted by Gasteiger charge is -2.19. The molecule has 1 aromatic carbocycles. The second-order valence-electron chi connectivity index (χ2n) is 4.79. The van der Waals surface area contributed by atoms with E-state index in [0.29, 0.717) is 5.56 Å². The summed E-state index contributed by atoms with van der Waals surface area (Å²) in [5, 5.41) is 0. The van der Waals surface area contributed by atoms with Crippen molar-refractivity contribution in [2.45, 2.75) is 25.1 Å². The SMILES string of the molecule is O=C1C=CC(=O)N1Cc1ccc(CC(F)(F)C(F)(F)F)cc1. The van der Waals surface area contributed by atoms with Crippen molar-refractivity contribution in [2.24, 2.45) is 0 Å². The molecule has 0 bridgehead atoms. The monoisotopic (exact) mass is 319 g/mol. The molecule has 2 rings (SSSR count). The predicted octanol–water partition coefficient (Wildman–Crippen LogP) is 2.85. The molecule has 22 heavy (non-hydrogen) atoms. The fourth-order valence-corrected chi connectivity index (χ4v) is 1.89. The average molecular weight is 319 g/mol. The predicted molar refractivity (Wildman–Crippen MR) is 65.8 cm³/mol. The van der Waals surface area contributed by atoms with Crippen molar-refractivity contribution in [1.29, 1.82) is 0 Å². The Kier molecular flexibility index (Phi) is 4.04. The van der Waals surface area contributed by atoms with Crippen LogP contribution in [0.4, 0.5) is 22.0 Å². The van der Waals surface area contributed by atoms with Gasteiger partial charge in [0.15, 0.2) is 0 Å². The Morgan fingerprint density at radius 3 is 1.73 bits per heavy atom. The normalized spacial score (nSPS) is 15.8. The van der Waals surface area contributed by atoms with Crippen LogP contribution < -0.4 is 0 Å². The van der Waals surface area contributed by atoms with E-state index >= 15 is 0 Å². The Bertz CT molecular complexity index is 601. The zero-order valence-electron chi connectivity index (χ0n) is 11.0. The van der Waals surface area contributed by atoms with Crippen LogP contribution in [0.2, 0.25) is 0 Å². The summed E-state index contributed by atoms with van der Waals surface area (Å²) >= 11 is 0. The molecule has 8 heteroatoms. The minimum absolute atomic E-state index is 0.0688. The standard InChI is InChI=1S/C14H10F5NO2/c15-13(16,14(17,18)19)7-9-1-3-10(4-2-9)8-20-11(21)5-6-12(20)22/h1-6H,7-8H2. The number of rotatable bonds is 4. The van der Waals surface area contributed by atoms with Crippen LogP contribution in [0.15, 0.2) is 36.4 Å². The fraction of sp³-hybridized carbons (Fsp3) is 0.286. The second-order valence-corrected chi connectivity index (χ2v) is 4.79. The summed E-state index contributed by atoms with van der Waals surface area (Å²) < 4.78 is 62.2. The largest absolute Gasteiger partial charge is 0.453 e. The third kappa shape index (κ3) is 3.32. The second kappa shape index (κ2) is 5.51. The Hall–Kier alpha value is -2.25. The van der Waals surface area contributed by atoms with Gasteiger partial charge in [-0.2, -0.15) is 22.0 Å². The van der Waals surface area contributed by atoms with E-state index in [4.69, 9.17) is 0 Å². The topological polar surface area (TPSA) is 37.4 Å². The smallest absolute Gasteiger partial charge is 0.271 e. The first-order valence-electron chi connectivity index (χ1n) is 6.16. The van der Waals surface area contributed by atoms with E-state index < -0.39 is 30.3 Å². The molecule has 0 atom stereocenters. The molecule has 0 aliphatic carbocycles. The maximum absolute atomic E-state index is 12.9. The first-order valence-corrected chi connectivity index (χ1v) is 6.16. The number of amides is 2. The van der Waals surface area contributed by atoms with Gasteiger partial charge in [0.25, 0.3) is 11.8 Å². The van der Waals surface area contributed by atoms with Gasteiger partial charge in [-0.15, -0.1) is 0 Å². The summed E-state index contributed by atoms with van der Waals surface area (Å²) in [6, 6.07) is 4.85. The Morgan fingerprint density at radius 2 is 1.27 bits per heavy atom. The summed E-state index contributed by atoms with van der Waals surface area (Å²) in [4.78, 5) is 23.6. The number of hydrogen-bond acceptors (Lipinski definition) is 2. The summed E-state index contributed by atoms with van der Waals surface area (Å²) in [6.45, 7) is -0.0688. The van der Waals surface area contributed by atoms with Crippen LogP contribution in [0.1, 0.15) is 11.1 Å². The van der Waals surface area contributed by atoms with Gasteiger partial charge in [0.2, 0.25) is 0 Å². The third-order valence-corrected chi connectivity index (χ3v) is 3.11. The van der Waals surface area contributed by atoms with Crippen LogP contribution in [0, 0.1) is 0 Å². The van der Waals surface area contributed by atoms with E-state index in [1.807, 2.05) is 0 Å². The summed E-state index contributed by atoms with van der Waals surface area (Å²) in [7, 11) is 0. The van der Waals surface area contributed by atoms with Gasteiger partial charge in [-0.1, -0.05) is 24.3 Å². The van der Waals surface area contributed by atoms with Crippen LogP contribution in [0.25, 0.3) is 0 Å². The highest BCUT2D eigenvalue weighted by atomic mass is 19.4. The van der Waals surface area contributed by atoms with Crippen molar-refractivity contribution in [3.8, 4) is 0 Å². The van der Waals surface area contributed by atoms with E-state index in [2.05, 4.69) is 0 Å². The highest BCUT2D eigenvalue weighted by Gasteiger charge is 2.56. The van der Waals surface area contributed by atoms with Crippen molar-refractivity contribution in [1.82, 2.24) is 4.90 Å². The van der Waals surface area contributed by atoms with Crippen molar-refractivity contribution in [3.63, 3.8) is 0 Å². The molecule has 0 N–H and O–H groups in total. The number of benzene rings is 1. The van der Waals surface area contributed by atoms with Crippen molar-refractivity contribution in [2.75, 3.05) is 0 Å². The first-order chi connectivity index (χ1) is 10.1. The van der Waals surface area contributed by atoms with Gasteiger partial charge in [0.05, 0.1) is 6.54 Å². The molecule has 0 radical (unpaired) electrons. The molecule has 1 aromatic rings. The molecule has 118 valence electrons. The van der Waals surface area contributed by atoms with E-state index in [-0.39, 0.29) is 12.1 Å². The summed E-state index contributed by atoms with van der Waals surface area (Å²) in [6.07, 6.45) is -4.87. The Morgan fingerprint density at radius 1 is 0.818 bits per heavy atom. The van der Waals surface area contributed by atoms with E-state index in [0.717, 1.165) is 29.2 Å². The summed E-state index contributed by atoms with van der Waals surface area (Å²) in [5.74, 6) is -5.81. The maximum Gasteiger partial charge on any atom is 0.453 e. The Labute approximate surface area is 122 Å². The van der Waals surface area contributed by atoms with Crippen LogP contribution >= 0.6 is 0 Å². The summed E-state index contributed by atoms with van der Waals surface area (Å²) in [5.41, 5.74) is 0.257. The molecular weight excluding hydrogens is 309 g/mol. The van der Waals surface area contributed by atoms with E-state index in [1.54, 1.807) is 0 Å². The minimum atomic E-state index is -5.61. The molecule has 1 aliphatic rings. The Balaban J connectivity index is 2.05. The first kappa shape index (κ1) is 16.1. The quantitative estimate of drug-likeness (QED) is 0.632. The van der Waals surface area contributed by atoms with E-state index in [1.165, 1.54) is 12.1 Å². The molecular formula is C14H10F5NO2. The molecule has 2 amide bonds. The number of alkyl halides is 5. The number of nitrogens with zero attached hydrogens (tertiary/aromatic N) is 1. The van der Waals surface area contributed by atoms with Gasteiger partial charge in [-0.3, -0.25) is 14.5 Å². The molecule has 1 heterocycles. The van der Waals surface area contributed by atoms with Gasteiger partial charge in [0, 0.05) is 18.6 Å². The lowest BCUT2D eigenvalue weighted by Crippen LogP contribution is -2.38. The maximum atomic E-state index is 12.9. The van der Waals surface area contributed by atoms with Crippen molar-refractivity contribution in [3.05, 3.63) is 47.5 Å². The molecule has 1 aliphatic heterocycles.